The van der Waals surface area contributed by atoms with Crippen LogP contribution in [0.3, 0.4) is 0 Å². The number of hydrogen-bond acceptors (Lipinski definition) is 5. The average Bonchev–Trinajstić information content (AvgIpc) is 2.54. The minimum Gasteiger partial charge on any atom is -0.456 e. The highest BCUT2D eigenvalue weighted by Crippen LogP contribution is 2.24. The molecule has 1 saturated carbocycles. The fourth-order valence-electron chi connectivity index (χ4n) is 2.63. The highest BCUT2D eigenvalue weighted by molar-refractivity contribution is 5.88. The monoisotopic (exact) mass is 323 g/mol. The van der Waals surface area contributed by atoms with Crippen LogP contribution in [0.5, 0.6) is 0 Å². The number of nitrogens with zero attached hydrogens (tertiary/aromatic N) is 1. The zero-order valence-electron chi connectivity index (χ0n) is 12.7. The molecule has 1 aliphatic rings. The summed E-state index contributed by atoms with van der Waals surface area (Å²) < 4.78 is 23.7. The number of halogens is 1. The average molecular weight is 323 g/mol. The molecule has 1 fully saturated rings. The van der Waals surface area contributed by atoms with Crippen molar-refractivity contribution in [2.45, 2.75) is 37.9 Å². The lowest BCUT2D eigenvalue weighted by molar-refractivity contribution is -0.385. The van der Waals surface area contributed by atoms with Crippen LogP contribution in [-0.2, 0) is 14.3 Å². The third-order valence-electron chi connectivity index (χ3n) is 3.80. The molecule has 0 spiro atoms. The van der Waals surface area contributed by atoms with Gasteiger partial charge >= 0.3 is 5.97 Å². The second-order valence-electron chi connectivity index (χ2n) is 5.33. The van der Waals surface area contributed by atoms with Crippen LogP contribution < -0.4 is 0 Å². The number of methoxy groups -OCH3 is 1. The van der Waals surface area contributed by atoms with E-state index in [-0.39, 0.29) is 17.8 Å². The fraction of sp³-hybridized carbons (Fsp3) is 0.438. The lowest BCUT2D eigenvalue weighted by Gasteiger charge is -2.29. The molecule has 7 heteroatoms. The van der Waals surface area contributed by atoms with E-state index >= 15 is 0 Å². The van der Waals surface area contributed by atoms with E-state index in [1.165, 1.54) is 12.1 Å². The van der Waals surface area contributed by atoms with Gasteiger partial charge in [0.2, 0.25) is 0 Å². The minimum atomic E-state index is -0.707. The second kappa shape index (κ2) is 7.82. The number of hydrogen-bond donors (Lipinski definition) is 0. The van der Waals surface area contributed by atoms with Crippen molar-refractivity contribution in [3.8, 4) is 0 Å². The van der Waals surface area contributed by atoms with E-state index in [2.05, 4.69) is 0 Å². The van der Waals surface area contributed by atoms with Gasteiger partial charge in [0.15, 0.2) is 0 Å². The van der Waals surface area contributed by atoms with E-state index in [0.717, 1.165) is 43.9 Å². The van der Waals surface area contributed by atoms with Gasteiger partial charge in [-0.15, -0.1) is 0 Å². The fourth-order valence-corrected chi connectivity index (χ4v) is 2.63. The summed E-state index contributed by atoms with van der Waals surface area (Å²) in [5.41, 5.74) is -0.262. The highest BCUT2D eigenvalue weighted by Gasteiger charge is 2.27. The second-order valence-corrected chi connectivity index (χ2v) is 5.33. The maximum atomic E-state index is 13.1. The number of esters is 1. The standard InChI is InChI=1S/C16H18FNO5/c1-22-14-4-2-3-5-15(14)23-16(19)9-7-11-6-8-12(17)10-13(11)18(20)21/h6-10,14-15H,2-5H2,1H3. The zero-order valence-corrected chi connectivity index (χ0v) is 12.7. The first-order chi connectivity index (χ1) is 11.0. The molecule has 6 nitrogen and oxygen atoms in total. The number of nitro benzene ring substituents is 1. The predicted molar refractivity (Wildman–Crippen MR) is 81.2 cm³/mol. The number of rotatable bonds is 5. The molecule has 0 heterocycles. The van der Waals surface area contributed by atoms with E-state index in [9.17, 15) is 19.3 Å². The molecule has 0 aliphatic heterocycles. The van der Waals surface area contributed by atoms with Crippen molar-refractivity contribution in [2.75, 3.05) is 7.11 Å². The molecule has 1 aromatic rings. The van der Waals surface area contributed by atoms with E-state index < -0.39 is 22.4 Å². The van der Waals surface area contributed by atoms with Gasteiger partial charge in [-0.3, -0.25) is 10.1 Å². The molecule has 1 aliphatic carbocycles. The summed E-state index contributed by atoms with van der Waals surface area (Å²) >= 11 is 0. The molecule has 0 saturated heterocycles. The highest BCUT2D eigenvalue weighted by atomic mass is 19.1. The largest absolute Gasteiger partial charge is 0.456 e. The molecular weight excluding hydrogens is 305 g/mol. The summed E-state index contributed by atoms with van der Waals surface area (Å²) in [5.74, 6) is -1.31. The summed E-state index contributed by atoms with van der Waals surface area (Å²) in [6.07, 6.45) is 5.49. The van der Waals surface area contributed by atoms with Crippen LogP contribution in [-0.4, -0.2) is 30.2 Å². The van der Waals surface area contributed by atoms with Gasteiger partial charge in [0, 0.05) is 13.2 Å². The zero-order chi connectivity index (χ0) is 16.8. The first-order valence-corrected chi connectivity index (χ1v) is 7.36. The Morgan fingerprint density at radius 2 is 2.04 bits per heavy atom. The van der Waals surface area contributed by atoms with E-state index in [1.54, 1.807) is 7.11 Å². The topological polar surface area (TPSA) is 78.7 Å². The molecular formula is C16H18FNO5. The number of nitro groups is 1. The normalized spacial score (nSPS) is 21.3. The van der Waals surface area contributed by atoms with Crippen LogP contribution in [0.25, 0.3) is 6.08 Å². The Hall–Kier alpha value is -2.28. The van der Waals surface area contributed by atoms with Crippen LogP contribution in [0, 0.1) is 15.9 Å². The SMILES string of the molecule is COC1CCCCC1OC(=O)C=Cc1ccc(F)cc1[N+](=O)[O-]. The Morgan fingerprint density at radius 1 is 1.35 bits per heavy atom. The van der Waals surface area contributed by atoms with Crippen LogP contribution in [0.15, 0.2) is 24.3 Å². The van der Waals surface area contributed by atoms with Crippen molar-refractivity contribution in [3.63, 3.8) is 0 Å². The summed E-state index contributed by atoms with van der Waals surface area (Å²) in [4.78, 5) is 22.1. The first kappa shape index (κ1) is 17.1. The van der Waals surface area contributed by atoms with Gasteiger partial charge < -0.3 is 9.47 Å². The lowest BCUT2D eigenvalue weighted by atomic mass is 9.94. The lowest BCUT2D eigenvalue weighted by Crippen LogP contribution is -2.35. The third kappa shape index (κ3) is 4.59. The first-order valence-electron chi connectivity index (χ1n) is 7.36. The Morgan fingerprint density at radius 3 is 2.70 bits per heavy atom. The van der Waals surface area contributed by atoms with Crippen molar-refractivity contribution >= 4 is 17.7 Å². The molecule has 1 aromatic carbocycles. The van der Waals surface area contributed by atoms with E-state index in [0.29, 0.717) is 0 Å². The summed E-state index contributed by atoms with van der Waals surface area (Å²) in [6, 6.07) is 3.16. The van der Waals surface area contributed by atoms with Gasteiger partial charge in [-0.05, 0) is 37.5 Å². The van der Waals surface area contributed by atoms with Crippen LogP contribution >= 0.6 is 0 Å². The van der Waals surface area contributed by atoms with Crippen LogP contribution in [0.4, 0.5) is 10.1 Å². The molecule has 124 valence electrons. The van der Waals surface area contributed by atoms with Gasteiger partial charge in [0.1, 0.15) is 11.9 Å². The van der Waals surface area contributed by atoms with Crippen molar-refractivity contribution < 1.29 is 23.6 Å². The van der Waals surface area contributed by atoms with Gasteiger partial charge in [0.25, 0.3) is 5.69 Å². The van der Waals surface area contributed by atoms with Crippen molar-refractivity contribution in [3.05, 3.63) is 45.8 Å². The van der Waals surface area contributed by atoms with E-state index in [4.69, 9.17) is 9.47 Å². The number of carbonyl (C=O) groups is 1. The van der Waals surface area contributed by atoms with Crippen molar-refractivity contribution in [1.82, 2.24) is 0 Å². The molecule has 23 heavy (non-hydrogen) atoms. The Balaban J connectivity index is 2.05. The van der Waals surface area contributed by atoms with Crippen molar-refractivity contribution in [1.29, 1.82) is 0 Å². The number of benzene rings is 1. The number of carbonyl (C=O) groups excluding carboxylic acids is 1. The maximum absolute atomic E-state index is 13.1. The summed E-state index contributed by atoms with van der Waals surface area (Å²) in [6.45, 7) is 0. The summed E-state index contributed by atoms with van der Waals surface area (Å²) in [7, 11) is 1.58. The Bertz CT molecular complexity index is 616. The Labute approximate surface area is 133 Å². The van der Waals surface area contributed by atoms with Gasteiger partial charge in [-0.25, -0.2) is 9.18 Å². The predicted octanol–water partition coefficient (Wildman–Crippen LogP) is 3.25. The Kier molecular flexibility index (Phi) is 5.81. The number of ether oxygens (including phenoxy) is 2. The minimum absolute atomic E-state index is 0.124. The van der Waals surface area contributed by atoms with Gasteiger partial charge in [-0.1, -0.05) is 6.42 Å². The molecule has 2 unspecified atom stereocenters. The van der Waals surface area contributed by atoms with Crippen LogP contribution in [0.1, 0.15) is 31.2 Å². The quantitative estimate of drug-likeness (QED) is 0.360. The third-order valence-corrected chi connectivity index (χ3v) is 3.80. The molecule has 0 amide bonds. The molecule has 0 bridgehead atoms. The molecule has 2 rings (SSSR count). The molecule has 2 atom stereocenters. The van der Waals surface area contributed by atoms with Gasteiger partial charge in [-0.2, -0.15) is 0 Å². The smallest absolute Gasteiger partial charge is 0.331 e. The maximum Gasteiger partial charge on any atom is 0.331 e. The summed E-state index contributed by atoms with van der Waals surface area (Å²) in [5, 5.41) is 10.9. The van der Waals surface area contributed by atoms with Crippen LogP contribution in [0.2, 0.25) is 0 Å². The molecule has 0 N–H and O–H groups in total. The van der Waals surface area contributed by atoms with Crippen molar-refractivity contribution in [2.24, 2.45) is 0 Å². The molecule has 0 radical (unpaired) electrons. The van der Waals surface area contributed by atoms with E-state index in [1.807, 2.05) is 0 Å². The van der Waals surface area contributed by atoms with Gasteiger partial charge in [0.05, 0.1) is 22.7 Å². The molecule has 0 aromatic heterocycles.